The van der Waals surface area contributed by atoms with Gasteiger partial charge in [0.1, 0.15) is 5.82 Å². The lowest BCUT2D eigenvalue weighted by atomic mass is 10.2. The van der Waals surface area contributed by atoms with E-state index >= 15 is 0 Å². The molecule has 5 heteroatoms. The van der Waals surface area contributed by atoms with Crippen LogP contribution in [0.3, 0.4) is 0 Å². The van der Waals surface area contributed by atoms with Gasteiger partial charge in [-0.15, -0.1) is 0 Å². The number of hydrogen-bond donors (Lipinski definition) is 3. The number of carbonyl (C=O) groups excluding carboxylic acids is 1. The Morgan fingerprint density at radius 1 is 1.47 bits per heavy atom. The summed E-state index contributed by atoms with van der Waals surface area (Å²) in [6.07, 6.45) is 0.365. The van der Waals surface area contributed by atoms with E-state index in [0.29, 0.717) is 25.4 Å². The van der Waals surface area contributed by atoms with Crippen molar-refractivity contribution in [1.82, 2.24) is 15.3 Å². The van der Waals surface area contributed by atoms with E-state index in [1.165, 1.54) is 0 Å². The number of fused-ring (bicyclic) bond motifs is 1. The van der Waals surface area contributed by atoms with E-state index in [4.69, 9.17) is 5.73 Å². The van der Waals surface area contributed by atoms with Crippen molar-refractivity contribution in [2.24, 2.45) is 5.73 Å². The van der Waals surface area contributed by atoms with Gasteiger partial charge in [-0.25, -0.2) is 4.98 Å². The first kappa shape index (κ1) is 13.5. The van der Waals surface area contributed by atoms with Crippen LogP contribution in [0.5, 0.6) is 0 Å². The summed E-state index contributed by atoms with van der Waals surface area (Å²) in [6.45, 7) is 5.10. The van der Waals surface area contributed by atoms with Gasteiger partial charge in [0, 0.05) is 25.4 Å². The molecule has 0 atom stereocenters. The average molecular weight is 260 g/mol. The van der Waals surface area contributed by atoms with Crippen LogP contribution in [0.2, 0.25) is 0 Å². The molecule has 4 N–H and O–H groups in total. The highest BCUT2D eigenvalue weighted by atomic mass is 16.1. The Hall–Kier alpha value is -1.88. The van der Waals surface area contributed by atoms with Gasteiger partial charge in [-0.2, -0.15) is 0 Å². The third-order valence-corrected chi connectivity index (χ3v) is 2.97. The van der Waals surface area contributed by atoms with Crippen molar-refractivity contribution < 1.29 is 4.79 Å². The lowest BCUT2D eigenvalue weighted by Crippen LogP contribution is -2.24. The quantitative estimate of drug-likeness (QED) is 0.764. The van der Waals surface area contributed by atoms with Crippen LogP contribution in [-0.2, 0) is 11.3 Å². The Labute approximate surface area is 112 Å². The van der Waals surface area contributed by atoms with E-state index in [2.05, 4.69) is 29.1 Å². The van der Waals surface area contributed by atoms with E-state index in [1.807, 2.05) is 18.2 Å². The molecule has 0 spiro atoms. The molecular formula is C14H20N4O. The molecule has 0 aliphatic heterocycles. The standard InChI is InChI=1S/C14H20N4O/c1-9(2)14-17-11-4-3-10(7-12(11)18-14)8-16-13(19)5-6-15/h3-4,7,9H,5-6,8,15H2,1-2H3,(H,16,19)(H,17,18). The van der Waals surface area contributed by atoms with E-state index < -0.39 is 0 Å². The maximum absolute atomic E-state index is 11.4. The Morgan fingerprint density at radius 2 is 2.26 bits per heavy atom. The lowest BCUT2D eigenvalue weighted by Gasteiger charge is -2.04. The first-order chi connectivity index (χ1) is 9.10. The summed E-state index contributed by atoms with van der Waals surface area (Å²) in [7, 11) is 0. The summed E-state index contributed by atoms with van der Waals surface area (Å²) in [4.78, 5) is 19.2. The fraction of sp³-hybridized carbons (Fsp3) is 0.429. The number of aromatic nitrogens is 2. The largest absolute Gasteiger partial charge is 0.352 e. The topological polar surface area (TPSA) is 83.8 Å². The van der Waals surface area contributed by atoms with Crippen LogP contribution < -0.4 is 11.1 Å². The summed E-state index contributed by atoms with van der Waals surface area (Å²) in [6, 6.07) is 5.98. The lowest BCUT2D eigenvalue weighted by molar-refractivity contribution is -0.121. The first-order valence-corrected chi connectivity index (χ1v) is 6.55. The zero-order chi connectivity index (χ0) is 13.8. The van der Waals surface area contributed by atoms with Crippen LogP contribution in [0, 0.1) is 0 Å². The minimum Gasteiger partial charge on any atom is -0.352 e. The third kappa shape index (κ3) is 3.32. The number of carbonyl (C=O) groups is 1. The molecule has 1 amide bonds. The molecular weight excluding hydrogens is 240 g/mol. The van der Waals surface area contributed by atoms with Crippen LogP contribution in [0.1, 0.15) is 37.6 Å². The number of hydrogen-bond acceptors (Lipinski definition) is 3. The molecule has 1 heterocycles. The maximum atomic E-state index is 11.4. The van der Waals surface area contributed by atoms with Gasteiger partial charge >= 0.3 is 0 Å². The molecule has 5 nitrogen and oxygen atoms in total. The highest BCUT2D eigenvalue weighted by Crippen LogP contribution is 2.18. The molecule has 102 valence electrons. The summed E-state index contributed by atoms with van der Waals surface area (Å²) < 4.78 is 0. The molecule has 0 aliphatic carbocycles. The van der Waals surface area contributed by atoms with Crippen molar-refractivity contribution in [1.29, 1.82) is 0 Å². The fourth-order valence-corrected chi connectivity index (χ4v) is 1.88. The Morgan fingerprint density at radius 3 is 2.95 bits per heavy atom. The van der Waals surface area contributed by atoms with E-state index in [0.717, 1.165) is 22.4 Å². The van der Waals surface area contributed by atoms with Gasteiger partial charge in [-0.05, 0) is 17.7 Å². The minimum absolute atomic E-state index is 0.0184. The summed E-state index contributed by atoms with van der Waals surface area (Å²) in [5, 5.41) is 2.84. The van der Waals surface area contributed by atoms with Gasteiger partial charge in [-0.3, -0.25) is 4.79 Å². The summed E-state index contributed by atoms with van der Waals surface area (Å²) >= 11 is 0. The summed E-state index contributed by atoms with van der Waals surface area (Å²) in [5.74, 6) is 1.34. The van der Waals surface area contributed by atoms with Crippen molar-refractivity contribution in [2.45, 2.75) is 32.7 Å². The number of aromatic amines is 1. The number of benzene rings is 1. The molecule has 19 heavy (non-hydrogen) atoms. The van der Waals surface area contributed by atoms with Gasteiger partial charge in [0.05, 0.1) is 11.0 Å². The van der Waals surface area contributed by atoms with Crippen LogP contribution >= 0.6 is 0 Å². The highest BCUT2D eigenvalue weighted by Gasteiger charge is 2.07. The molecule has 1 aromatic carbocycles. The van der Waals surface area contributed by atoms with Crippen molar-refractivity contribution in [3.63, 3.8) is 0 Å². The Kier molecular flexibility index (Phi) is 4.16. The predicted molar refractivity (Wildman–Crippen MR) is 75.7 cm³/mol. The fourth-order valence-electron chi connectivity index (χ4n) is 1.88. The molecule has 0 radical (unpaired) electrons. The molecule has 0 saturated heterocycles. The van der Waals surface area contributed by atoms with Crippen LogP contribution in [0.15, 0.2) is 18.2 Å². The molecule has 2 aromatic rings. The minimum atomic E-state index is -0.0184. The second kappa shape index (κ2) is 5.84. The molecule has 0 unspecified atom stereocenters. The van der Waals surface area contributed by atoms with E-state index in [-0.39, 0.29) is 5.91 Å². The normalized spacial score (nSPS) is 11.2. The molecule has 0 bridgehead atoms. The number of nitrogens with one attached hydrogen (secondary N) is 2. The Balaban J connectivity index is 2.10. The number of rotatable bonds is 5. The highest BCUT2D eigenvalue weighted by molar-refractivity contribution is 5.77. The van der Waals surface area contributed by atoms with E-state index in [9.17, 15) is 4.79 Å². The molecule has 0 saturated carbocycles. The number of nitrogens with zero attached hydrogens (tertiary/aromatic N) is 1. The van der Waals surface area contributed by atoms with Crippen molar-refractivity contribution >= 4 is 16.9 Å². The zero-order valence-corrected chi connectivity index (χ0v) is 11.4. The predicted octanol–water partition coefficient (Wildman–Crippen LogP) is 1.65. The second-order valence-corrected chi connectivity index (χ2v) is 4.94. The number of H-pyrrole nitrogens is 1. The second-order valence-electron chi connectivity index (χ2n) is 4.94. The van der Waals surface area contributed by atoms with Crippen LogP contribution in [0.4, 0.5) is 0 Å². The third-order valence-electron chi connectivity index (χ3n) is 2.97. The van der Waals surface area contributed by atoms with Gasteiger partial charge in [0.25, 0.3) is 0 Å². The summed E-state index contributed by atoms with van der Waals surface area (Å²) in [5.41, 5.74) is 8.35. The van der Waals surface area contributed by atoms with Crippen molar-refractivity contribution in [2.75, 3.05) is 6.54 Å². The number of imidazole rings is 1. The monoisotopic (exact) mass is 260 g/mol. The molecule has 2 rings (SSSR count). The van der Waals surface area contributed by atoms with Crippen molar-refractivity contribution in [3.8, 4) is 0 Å². The van der Waals surface area contributed by atoms with Crippen LogP contribution in [0.25, 0.3) is 11.0 Å². The van der Waals surface area contributed by atoms with E-state index in [1.54, 1.807) is 0 Å². The van der Waals surface area contributed by atoms with Gasteiger partial charge < -0.3 is 16.0 Å². The van der Waals surface area contributed by atoms with Crippen LogP contribution in [-0.4, -0.2) is 22.4 Å². The average Bonchev–Trinajstić information content (AvgIpc) is 2.80. The zero-order valence-electron chi connectivity index (χ0n) is 11.4. The maximum Gasteiger partial charge on any atom is 0.221 e. The SMILES string of the molecule is CC(C)c1nc2ccc(CNC(=O)CCN)cc2[nH]1. The van der Waals surface area contributed by atoms with Gasteiger partial charge in [-0.1, -0.05) is 19.9 Å². The van der Waals surface area contributed by atoms with Gasteiger partial charge in [0.2, 0.25) is 5.91 Å². The smallest absolute Gasteiger partial charge is 0.221 e. The molecule has 1 aromatic heterocycles. The Bertz CT molecular complexity index is 574. The van der Waals surface area contributed by atoms with Gasteiger partial charge in [0.15, 0.2) is 0 Å². The number of nitrogens with two attached hydrogens (primary N) is 1. The van der Waals surface area contributed by atoms with Crippen molar-refractivity contribution in [3.05, 3.63) is 29.6 Å². The first-order valence-electron chi connectivity index (χ1n) is 6.55. The molecule has 0 aliphatic rings. The number of amides is 1. The molecule has 0 fully saturated rings.